The first-order chi connectivity index (χ1) is 8.29. The zero-order valence-corrected chi connectivity index (χ0v) is 9.48. The highest BCUT2D eigenvalue weighted by Gasteiger charge is 2.22. The lowest BCUT2D eigenvalue weighted by Gasteiger charge is -2.20. The van der Waals surface area contributed by atoms with Crippen LogP contribution in [-0.2, 0) is 4.79 Å². The first-order valence-corrected chi connectivity index (χ1v) is 5.72. The zero-order valence-electron chi connectivity index (χ0n) is 9.48. The maximum absolute atomic E-state index is 11.8. The number of hydrogen-bond acceptors (Lipinski definition) is 4. The Morgan fingerprint density at radius 3 is 2.53 bits per heavy atom. The van der Waals surface area contributed by atoms with E-state index in [-0.39, 0.29) is 11.9 Å². The number of nitrogens with one attached hydrogen (secondary N) is 1. The van der Waals surface area contributed by atoms with E-state index in [0.717, 1.165) is 25.9 Å². The van der Waals surface area contributed by atoms with Crippen LogP contribution >= 0.6 is 0 Å². The second-order valence-corrected chi connectivity index (χ2v) is 4.08. The number of hydrogen-bond donors (Lipinski definition) is 1. The van der Waals surface area contributed by atoms with Crippen LogP contribution in [0.4, 0.5) is 0 Å². The molecule has 1 saturated heterocycles. The Labute approximate surface area is 100 Å². The minimum absolute atomic E-state index is 0.00751. The summed E-state index contributed by atoms with van der Waals surface area (Å²) in [5, 5.41) is 11.9. The van der Waals surface area contributed by atoms with Crippen LogP contribution in [0.25, 0.3) is 0 Å². The van der Waals surface area contributed by atoms with Crippen molar-refractivity contribution >= 4 is 5.97 Å². The molecule has 4 heteroatoms. The molecule has 0 atom stereocenters. The van der Waals surface area contributed by atoms with Crippen molar-refractivity contribution in [3.05, 3.63) is 29.8 Å². The molecule has 1 aromatic carbocycles. The first kappa shape index (κ1) is 11.6. The van der Waals surface area contributed by atoms with E-state index in [9.17, 15) is 4.79 Å². The fraction of sp³-hybridized carbons (Fsp3) is 0.385. The molecule has 17 heavy (non-hydrogen) atoms. The first-order valence-electron chi connectivity index (χ1n) is 5.72. The molecule has 0 spiro atoms. The Morgan fingerprint density at radius 1 is 1.29 bits per heavy atom. The number of nitriles is 1. The van der Waals surface area contributed by atoms with Crippen molar-refractivity contribution in [2.45, 2.75) is 12.8 Å². The standard InChI is InChI=1S/C13H14N2O2/c14-9-10-1-3-12(4-2-10)17-13(16)11-5-7-15-8-6-11/h1-4,11,15H,5-8H2. The highest BCUT2D eigenvalue weighted by atomic mass is 16.5. The van der Waals surface area contributed by atoms with Crippen LogP contribution in [-0.4, -0.2) is 19.1 Å². The molecule has 0 aromatic heterocycles. The van der Waals surface area contributed by atoms with Gasteiger partial charge in [0.2, 0.25) is 0 Å². The summed E-state index contributed by atoms with van der Waals surface area (Å²) < 4.78 is 5.28. The number of ether oxygens (including phenoxy) is 1. The third-order valence-corrected chi connectivity index (χ3v) is 2.87. The molecule has 0 aliphatic carbocycles. The molecule has 1 aliphatic rings. The summed E-state index contributed by atoms with van der Waals surface area (Å²) in [6.07, 6.45) is 1.66. The summed E-state index contributed by atoms with van der Waals surface area (Å²) in [5.41, 5.74) is 0.562. The molecule has 1 fully saturated rings. The predicted octanol–water partition coefficient (Wildman–Crippen LogP) is 1.46. The van der Waals surface area contributed by atoms with Crippen LogP contribution in [0.1, 0.15) is 18.4 Å². The third kappa shape index (κ3) is 3.05. The number of nitrogens with zero attached hydrogens (tertiary/aromatic N) is 1. The summed E-state index contributed by atoms with van der Waals surface area (Å²) in [6, 6.07) is 8.61. The van der Waals surface area contributed by atoms with Crippen molar-refractivity contribution in [2.75, 3.05) is 13.1 Å². The number of rotatable bonds is 2. The molecule has 0 bridgehead atoms. The monoisotopic (exact) mass is 230 g/mol. The zero-order chi connectivity index (χ0) is 12.1. The fourth-order valence-corrected chi connectivity index (χ4v) is 1.85. The Balaban J connectivity index is 1.95. The number of piperidine rings is 1. The van der Waals surface area contributed by atoms with Crippen LogP contribution in [0.2, 0.25) is 0 Å². The van der Waals surface area contributed by atoms with E-state index in [2.05, 4.69) is 5.32 Å². The molecule has 1 aliphatic heterocycles. The largest absolute Gasteiger partial charge is 0.426 e. The van der Waals surface area contributed by atoms with Gasteiger partial charge in [0.05, 0.1) is 17.6 Å². The molecule has 4 nitrogen and oxygen atoms in total. The number of carbonyl (C=O) groups is 1. The van der Waals surface area contributed by atoms with Gasteiger partial charge in [0.15, 0.2) is 0 Å². The van der Waals surface area contributed by atoms with Crippen LogP contribution in [0, 0.1) is 17.2 Å². The minimum Gasteiger partial charge on any atom is -0.426 e. The smallest absolute Gasteiger partial charge is 0.314 e. The average molecular weight is 230 g/mol. The summed E-state index contributed by atoms with van der Waals surface area (Å²) in [7, 11) is 0. The highest BCUT2D eigenvalue weighted by molar-refractivity contribution is 5.75. The van der Waals surface area contributed by atoms with Crippen molar-refractivity contribution in [3.8, 4) is 11.8 Å². The lowest BCUT2D eigenvalue weighted by Crippen LogP contribution is -2.33. The molecule has 88 valence electrons. The Hall–Kier alpha value is -1.86. The molecule has 1 aromatic rings. The molecular weight excluding hydrogens is 216 g/mol. The third-order valence-electron chi connectivity index (χ3n) is 2.87. The van der Waals surface area contributed by atoms with E-state index in [1.165, 1.54) is 0 Å². The molecule has 1 N–H and O–H groups in total. The van der Waals surface area contributed by atoms with Crippen molar-refractivity contribution in [3.63, 3.8) is 0 Å². The van der Waals surface area contributed by atoms with Gasteiger partial charge in [-0.2, -0.15) is 5.26 Å². The quantitative estimate of drug-likeness (QED) is 0.617. The average Bonchev–Trinajstić information content (AvgIpc) is 2.40. The molecule has 0 unspecified atom stereocenters. The van der Waals surface area contributed by atoms with Gasteiger partial charge in [-0.25, -0.2) is 0 Å². The maximum atomic E-state index is 11.8. The van der Waals surface area contributed by atoms with Crippen molar-refractivity contribution in [1.82, 2.24) is 5.32 Å². The number of esters is 1. The highest BCUT2D eigenvalue weighted by Crippen LogP contribution is 2.17. The second-order valence-electron chi connectivity index (χ2n) is 4.08. The van der Waals surface area contributed by atoms with Crippen LogP contribution in [0.3, 0.4) is 0 Å². The van der Waals surface area contributed by atoms with Gasteiger partial charge in [0.25, 0.3) is 0 Å². The topological polar surface area (TPSA) is 62.1 Å². The van der Waals surface area contributed by atoms with Gasteiger partial charge in [-0.3, -0.25) is 4.79 Å². The Morgan fingerprint density at radius 2 is 1.94 bits per heavy atom. The van der Waals surface area contributed by atoms with Gasteiger partial charge in [0.1, 0.15) is 5.75 Å². The fourth-order valence-electron chi connectivity index (χ4n) is 1.85. The summed E-state index contributed by atoms with van der Waals surface area (Å²) >= 11 is 0. The van der Waals surface area contributed by atoms with Gasteiger partial charge >= 0.3 is 5.97 Å². The molecule has 0 amide bonds. The summed E-state index contributed by atoms with van der Waals surface area (Å²) in [4.78, 5) is 11.8. The van der Waals surface area contributed by atoms with Crippen molar-refractivity contribution in [1.29, 1.82) is 5.26 Å². The van der Waals surface area contributed by atoms with E-state index in [0.29, 0.717) is 11.3 Å². The van der Waals surface area contributed by atoms with E-state index in [4.69, 9.17) is 10.00 Å². The maximum Gasteiger partial charge on any atom is 0.314 e. The van der Waals surface area contributed by atoms with Crippen molar-refractivity contribution in [2.24, 2.45) is 5.92 Å². The summed E-state index contributed by atoms with van der Waals surface area (Å²) in [6.45, 7) is 1.74. The SMILES string of the molecule is N#Cc1ccc(OC(=O)C2CCNCC2)cc1. The molecular formula is C13H14N2O2. The van der Waals surface area contributed by atoms with Gasteiger partial charge in [-0.1, -0.05) is 0 Å². The van der Waals surface area contributed by atoms with Gasteiger partial charge in [-0.05, 0) is 50.2 Å². The summed E-state index contributed by atoms with van der Waals surface area (Å²) in [5.74, 6) is 0.329. The molecule has 0 saturated carbocycles. The lowest BCUT2D eigenvalue weighted by molar-refractivity contribution is -0.139. The predicted molar refractivity (Wildman–Crippen MR) is 62.4 cm³/mol. The molecule has 2 rings (SSSR count). The van der Waals surface area contributed by atoms with E-state index < -0.39 is 0 Å². The second kappa shape index (κ2) is 5.46. The van der Waals surface area contributed by atoms with E-state index in [1.54, 1.807) is 24.3 Å². The van der Waals surface area contributed by atoms with Gasteiger partial charge in [0, 0.05) is 0 Å². The molecule has 0 radical (unpaired) electrons. The Kier molecular flexibility index (Phi) is 3.73. The van der Waals surface area contributed by atoms with Crippen LogP contribution in [0.15, 0.2) is 24.3 Å². The van der Waals surface area contributed by atoms with Gasteiger partial charge < -0.3 is 10.1 Å². The van der Waals surface area contributed by atoms with E-state index >= 15 is 0 Å². The van der Waals surface area contributed by atoms with Crippen molar-refractivity contribution < 1.29 is 9.53 Å². The molecule has 1 heterocycles. The number of benzene rings is 1. The lowest BCUT2D eigenvalue weighted by atomic mass is 9.98. The minimum atomic E-state index is -0.170. The van der Waals surface area contributed by atoms with Crippen LogP contribution < -0.4 is 10.1 Å². The normalized spacial score (nSPS) is 16.2. The number of carbonyl (C=O) groups excluding carboxylic acids is 1. The van der Waals surface area contributed by atoms with Gasteiger partial charge in [-0.15, -0.1) is 0 Å². The van der Waals surface area contributed by atoms with Crippen LogP contribution in [0.5, 0.6) is 5.75 Å². The Bertz CT molecular complexity index is 428. The van der Waals surface area contributed by atoms with E-state index in [1.807, 2.05) is 6.07 Å².